The van der Waals surface area contributed by atoms with E-state index >= 15 is 0 Å². The van der Waals surface area contributed by atoms with Gasteiger partial charge in [0.15, 0.2) is 6.61 Å². The van der Waals surface area contributed by atoms with Crippen molar-refractivity contribution in [3.8, 4) is 5.75 Å². The minimum Gasteiger partial charge on any atom is -0.427 e. The summed E-state index contributed by atoms with van der Waals surface area (Å²) in [7, 11) is 0. The summed E-state index contributed by atoms with van der Waals surface area (Å²) in [6, 6.07) is 0.413. The minimum atomic E-state index is -9.67. The summed E-state index contributed by atoms with van der Waals surface area (Å²) in [6.45, 7) is -1.62. The van der Waals surface area contributed by atoms with Gasteiger partial charge in [-0.15, -0.1) is 0 Å². The highest BCUT2D eigenvalue weighted by Crippen LogP contribution is 2.67. The Morgan fingerprint density at radius 3 is 1.28 bits per heavy atom. The molecule has 1 aromatic carbocycles. The average Bonchev–Trinajstić information content (AvgIpc) is 3.05. The standard InChI is InChI=1S/C24H14F24N2O7/c1-3-7(2)9-4-8(49(52)53)5-10(50(54)55)11(9)57-13(51)56-6-14(27,28)16(31,32)18(35,36)20(39,40)22(43,44)24(47,48)23(45,46)21(41,42)19(37,38)17(33,34)15(29,30)12(25)26/h4-5,7,12H,3,6H2,1-2H3. The lowest BCUT2D eigenvalue weighted by molar-refractivity contribution is -0.476. The molecule has 57 heavy (non-hydrogen) atoms. The summed E-state index contributed by atoms with van der Waals surface area (Å²) < 4.78 is 336. The Morgan fingerprint density at radius 1 is 0.614 bits per heavy atom. The van der Waals surface area contributed by atoms with E-state index < -0.39 is 123 Å². The number of ether oxygens (including phenoxy) is 2. The van der Waals surface area contributed by atoms with Crippen molar-refractivity contribution in [3.63, 3.8) is 0 Å². The van der Waals surface area contributed by atoms with Gasteiger partial charge in [0.05, 0.1) is 15.9 Å². The van der Waals surface area contributed by atoms with Gasteiger partial charge in [0, 0.05) is 11.6 Å². The minimum absolute atomic E-state index is 0.000599. The van der Waals surface area contributed by atoms with Crippen molar-refractivity contribution in [3.05, 3.63) is 37.9 Å². The highest BCUT2D eigenvalue weighted by molar-refractivity contribution is 5.70. The van der Waals surface area contributed by atoms with Crippen LogP contribution in [0.3, 0.4) is 0 Å². The zero-order chi connectivity index (χ0) is 45.9. The number of hydrogen-bond acceptors (Lipinski definition) is 7. The normalized spacial score (nSPS) is 15.4. The molecule has 0 saturated heterocycles. The Morgan fingerprint density at radius 2 is 0.965 bits per heavy atom. The first-order valence-corrected chi connectivity index (χ1v) is 13.7. The van der Waals surface area contributed by atoms with Gasteiger partial charge in [-0.3, -0.25) is 20.2 Å². The lowest BCUT2D eigenvalue weighted by Gasteiger charge is -2.45. The first-order chi connectivity index (χ1) is 24.9. The molecule has 0 saturated carbocycles. The van der Waals surface area contributed by atoms with Crippen LogP contribution in [-0.2, 0) is 4.74 Å². The summed E-state index contributed by atoms with van der Waals surface area (Å²) >= 11 is 0. The number of benzene rings is 1. The molecular weight excluding hydrogens is 884 g/mol. The first-order valence-electron chi connectivity index (χ1n) is 13.7. The Balaban J connectivity index is 3.71. The van der Waals surface area contributed by atoms with Gasteiger partial charge in [-0.2, -0.15) is 96.6 Å². The van der Waals surface area contributed by atoms with Crippen LogP contribution in [0.5, 0.6) is 5.75 Å². The fraction of sp³-hybridized carbons (Fsp3) is 0.708. The van der Waals surface area contributed by atoms with Crippen LogP contribution in [-0.4, -0.2) is 94.2 Å². The summed E-state index contributed by atoms with van der Waals surface area (Å²) in [4.78, 5) is 31.5. The molecule has 33 heteroatoms. The van der Waals surface area contributed by atoms with Gasteiger partial charge in [0.25, 0.3) is 5.69 Å². The fourth-order valence-electron chi connectivity index (χ4n) is 3.87. The second-order valence-corrected chi connectivity index (χ2v) is 11.1. The van der Waals surface area contributed by atoms with Gasteiger partial charge < -0.3 is 9.47 Å². The van der Waals surface area contributed by atoms with Crippen LogP contribution in [0.4, 0.5) is 122 Å². The van der Waals surface area contributed by atoms with Crippen LogP contribution < -0.4 is 4.74 Å². The SMILES string of the molecule is CCC(C)c1cc([N+](=O)[O-])cc([N+](=O)[O-])c1OC(=O)OCC(F)(F)C(F)(F)C(F)(F)C(F)(F)C(F)(F)C(F)(F)C(F)(F)C(F)(F)C(F)(F)C(F)(F)C(F)(F)C(F)F. The van der Waals surface area contributed by atoms with Crippen molar-refractivity contribution >= 4 is 17.5 Å². The molecule has 9 nitrogen and oxygen atoms in total. The molecule has 0 aromatic heterocycles. The molecule has 0 heterocycles. The van der Waals surface area contributed by atoms with Crippen molar-refractivity contribution < 1.29 is 129 Å². The summed E-state index contributed by atoms with van der Waals surface area (Å²) in [5.74, 6) is -102. The molecule has 0 radical (unpaired) electrons. The maximum atomic E-state index is 14.2. The van der Waals surface area contributed by atoms with Crippen LogP contribution >= 0.6 is 0 Å². The average molecular weight is 898 g/mol. The van der Waals surface area contributed by atoms with Crippen molar-refractivity contribution in [1.82, 2.24) is 0 Å². The number of hydrogen-bond donors (Lipinski definition) is 0. The molecule has 1 rings (SSSR count). The second-order valence-electron chi connectivity index (χ2n) is 11.1. The van der Waals surface area contributed by atoms with E-state index in [1.54, 1.807) is 0 Å². The zero-order valence-electron chi connectivity index (χ0n) is 26.5. The maximum absolute atomic E-state index is 14.2. The van der Waals surface area contributed by atoms with Gasteiger partial charge in [-0.05, 0) is 12.3 Å². The molecule has 0 spiro atoms. The number of carbonyl (C=O) groups is 1. The van der Waals surface area contributed by atoms with E-state index in [1.165, 1.54) is 6.92 Å². The maximum Gasteiger partial charge on any atom is 0.514 e. The summed E-state index contributed by atoms with van der Waals surface area (Å²) in [5, 5.41) is 22.5. The molecule has 0 N–H and O–H groups in total. The Bertz CT molecular complexity index is 1700. The third kappa shape index (κ3) is 7.33. The van der Waals surface area contributed by atoms with Gasteiger partial charge in [0.2, 0.25) is 5.75 Å². The molecular formula is C24H14F24N2O7. The number of carbonyl (C=O) groups excluding carboxylic acids is 1. The molecule has 0 bridgehead atoms. The van der Waals surface area contributed by atoms with Crippen molar-refractivity contribution in [2.45, 2.75) is 97.8 Å². The predicted octanol–water partition coefficient (Wildman–Crippen LogP) is 10.8. The summed E-state index contributed by atoms with van der Waals surface area (Å²) in [6.07, 6.45) is -9.55. The Kier molecular flexibility index (Phi) is 13.1. The van der Waals surface area contributed by atoms with Crippen LogP contribution in [0.1, 0.15) is 31.7 Å². The quantitative estimate of drug-likeness (QED) is 0.0473. The molecule has 0 aliphatic heterocycles. The van der Waals surface area contributed by atoms with E-state index in [0.29, 0.717) is 6.07 Å². The van der Waals surface area contributed by atoms with E-state index in [-0.39, 0.29) is 12.5 Å². The highest BCUT2D eigenvalue weighted by atomic mass is 19.4. The van der Waals surface area contributed by atoms with E-state index in [4.69, 9.17) is 0 Å². The number of nitro benzene ring substituents is 2. The largest absolute Gasteiger partial charge is 0.514 e. The lowest BCUT2D eigenvalue weighted by atomic mass is 9.84. The van der Waals surface area contributed by atoms with Crippen molar-refractivity contribution in [2.75, 3.05) is 6.61 Å². The molecule has 1 unspecified atom stereocenters. The number of halogens is 24. The monoisotopic (exact) mass is 898 g/mol. The Hall–Kier alpha value is -4.39. The molecule has 0 aliphatic carbocycles. The van der Waals surface area contributed by atoms with E-state index in [2.05, 4.69) is 9.47 Å². The van der Waals surface area contributed by atoms with Crippen LogP contribution in [0, 0.1) is 20.2 Å². The number of nitro groups is 2. The number of rotatable bonds is 18. The van der Waals surface area contributed by atoms with Gasteiger partial charge in [0.1, 0.15) is 0 Å². The smallest absolute Gasteiger partial charge is 0.427 e. The van der Waals surface area contributed by atoms with E-state index in [1.807, 2.05) is 0 Å². The third-order valence-corrected chi connectivity index (χ3v) is 7.50. The molecule has 0 amide bonds. The molecule has 0 aliphatic rings. The second kappa shape index (κ2) is 14.8. The molecule has 1 aromatic rings. The number of alkyl halides is 24. The van der Waals surface area contributed by atoms with Crippen molar-refractivity contribution in [1.29, 1.82) is 0 Å². The summed E-state index contributed by atoms with van der Waals surface area (Å²) in [5.41, 5.74) is -3.54. The van der Waals surface area contributed by atoms with E-state index in [9.17, 15) is 130 Å². The Labute approximate surface area is 296 Å². The first kappa shape index (κ1) is 50.6. The van der Waals surface area contributed by atoms with Gasteiger partial charge in [-0.1, -0.05) is 13.8 Å². The molecule has 1 atom stereocenters. The zero-order valence-corrected chi connectivity index (χ0v) is 26.5. The predicted molar refractivity (Wildman–Crippen MR) is 131 cm³/mol. The van der Waals surface area contributed by atoms with Crippen LogP contribution in [0.25, 0.3) is 0 Å². The lowest BCUT2D eigenvalue weighted by Crippen LogP contribution is -2.78. The van der Waals surface area contributed by atoms with Crippen LogP contribution in [0.15, 0.2) is 12.1 Å². The number of nitrogens with zero attached hydrogens (tertiary/aromatic N) is 2. The highest BCUT2D eigenvalue weighted by Gasteiger charge is 2.99. The fourth-order valence-corrected chi connectivity index (χ4v) is 3.87. The van der Waals surface area contributed by atoms with Gasteiger partial charge in [-0.25, -0.2) is 13.6 Å². The van der Waals surface area contributed by atoms with E-state index in [0.717, 1.165) is 6.92 Å². The topological polar surface area (TPSA) is 122 Å². The number of non-ortho nitro benzene ring substituents is 1. The van der Waals surface area contributed by atoms with Crippen LogP contribution in [0.2, 0.25) is 0 Å². The third-order valence-electron chi connectivity index (χ3n) is 7.50. The molecule has 330 valence electrons. The van der Waals surface area contributed by atoms with Crippen molar-refractivity contribution in [2.24, 2.45) is 0 Å². The molecule has 0 fully saturated rings. The van der Waals surface area contributed by atoms with Gasteiger partial charge >= 0.3 is 83.4 Å².